The Kier molecular flexibility index (Phi) is 5.72. The summed E-state index contributed by atoms with van der Waals surface area (Å²) in [6.45, 7) is 4.02. The first-order valence-electron chi connectivity index (χ1n) is 11.0. The Morgan fingerprint density at radius 3 is 2.41 bits per heavy atom. The van der Waals surface area contributed by atoms with Gasteiger partial charge in [0.1, 0.15) is 5.69 Å². The van der Waals surface area contributed by atoms with Crippen molar-refractivity contribution in [2.75, 3.05) is 13.1 Å². The molecular weight excluding hydrogens is 418 g/mol. The molecule has 0 atom stereocenters. The second kappa shape index (κ2) is 8.81. The van der Waals surface area contributed by atoms with Gasteiger partial charge in [0, 0.05) is 30.0 Å². The van der Waals surface area contributed by atoms with Crippen LogP contribution in [0.15, 0.2) is 70.8 Å². The van der Waals surface area contributed by atoms with Crippen molar-refractivity contribution in [1.29, 1.82) is 0 Å². The van der Waals surface area contributed by atoms with Gasteiger partial charge in [0.25, 0.3) is 5.56 Å². The molecule has 3 heterocycles. The molecule has 0 N–H and O–H groups in total. The molecule has 1 saturated heterocycles. The fourth-order valence-electron chi connectivity index (χ4n) is 4.41. The number of ketones is 1. The van der Waals surface area contributed by atoms with Gasteiger partial charge in [-0.2, -0.15) is 5.10 Å². The number of fused-ring (bicyclic) bond motifs is 1. The third-order valence-corrected chi connectivity index (χ3v) is 7.13. The van der Waals surface area contributed by atoms with Crippen LogP contribution in [0.25, 0.3) is 21.3 Å². The van der Waals surface area contributed by atoms with E-state index in [1.165, 1.54) is 0 Å². The molecule has 1 fully saturated rings. The lowest BCUT2D eigenvalue weighted by Gasteiger charge is -2.31. The third-order valence-electron chi connectivity index (χ3n) is 6.25. The van der Waals surface area contributed by atoms with Gasteiger partial charge in [0.05, 0.1) is 16.9 Å². The summed E-state index contributed by atoms with van der Waals surface area (Å²) < 4.78 is 1.58. The lowest BCUT2D eigenvalue weighted by atomic mass is 9.89. The predicted octanol–water partition coefficient (Wildman–Crippen LogP) is 4.99. The minimum absolute atomic E-state index is 0.0388. The highest BCUT2D eigenvalue weighted by molar-refractivity contribution is 7.13. The first-order chi connectivity index (χ1) is 15.6. The van der Waals surface area contributed by atoms with Crippen LogP contribution in [0, 0.1) is 12.8 Å². The number of Topliss-reactive ketones (excluding diaryl/α,β-unsaturated/α-hetero) is 1. The van der Waals surface area contributed by atoms with Crippen molar-refractivity contribution >= 4 is 27.9 Å². The highest BCUT2D eigenvalue weighted by Gasteiger charge is 2.26. The average Bonchev–Trinajstić information content (AvgIpc) is 3.36. The van der Waals surface area contributed by atoms with E-state index in [0.717, 1.165) is 53.0 Å². The van der Waals surface area contributed by atoms with Crippen molar-refractivity contribution in [3.8, 4) is 10.6 Å². The molecule has 0 radical (unpaired) electrons. The molecule has 32 heavy (non-hydrogen) atoms. The average molecular weight is 444 g/mol. The number of hydrogen-bond acceptors (Lipinski definition) is 5. The fourth-order valence-corrected chi connectivity index (χ4v) is 5.13. The number of nitrogens with zero attached hydrogens (tertiary/aromatic N) is 3. The summed E-state index contributed by atoms with van der Waals surface area (Å²) in [5.41, 5.74) is 2.73. The standard InChI is InChI=1S/C26H25N3O2S/c1-18-8-10-19(11-9-18)25(30)20-12-14-28(15-13-20)17-29-26(31)22-6-3-2-5-21(22)24(27-29)23-7-4-16-32-23/h2-11,16,20H,12-15,17H2,1H3. The van der Waals surface area contributed by atoms with Crippen LogP contribution in [0.1, 0.15) is 28.8 Å². The maximum Gasteiger partial charge on any atom is 0.275 e. The maximum absolute atomic E-state index is 13.1. The Hall–Kier alpha value is -3.09. The van der Waals surface area contributed by atoms with Crippen molar-refractivity contribution in [3.63, 3.8) is 0 Å². The van der Waals surface area contributed by atoms with E-state index in [4.69, 9.17) is 5.10 Å². The van der Waals surface area contributed by atoms with Crippen LogP contribution in [0.4, 0.5) is 0 Å². The van der Waals surface area contributed by atoms with Crippen LogP contribution in [0.5, 0.6) is 0 Å². The van der Waals surface area contributed by atoms with Gasteiger partial charge < -0.3 is 0 Å². The molecule has 0 aliphatic carbocycles. The van der Waals surface area contributed by atoms with Crippen LogP contribution in [0.3, 0.4) is 0 Å². The third kappa shape index (κ3) is 4.04. The molecule has 1 aliphatic rings. The molecule has 1 aliphatic heterocycles. The number of piperidine rings is 1. The van der Waals surface area contributed by atoms with Gasteiger partial charge in [0.15, 0.2) is 5.78 Å². The summed E-state index contributed by atoms with van der Waals surface area (Å²) in [6.07, 6.45) is 1.60. The summed E-state index contributed by atoms with van der Waals surface area (Å²) in [4.78, 5) is 29.3. The number of aromatic nitrogens is 2. The van der Waals surface area contributed by atoms with Gasteiger partial charge in [-0.1, -0.05) is 54.1 Å². The molecular formula is C26H25N3O2S. The fraction of sp³-hybridized carbons (Fsp3) is 0.269. The molecule has 5 nitrogen and oxygen atoms in total. The van der Waals surface area contributed by atoms with E-state index in [2.05, 4.69) is 4.90 Å². The van der Waals surface area contributed by atoms with Gasteiger partial charge in [-0.15, -0.1) is 11.3 Å². The SMILES string of the molecule is Cc1ccc(C(=O)C2CCN(Cn3nc(-c4cccs4)c4ccccc4c3=O)CC2)cc1. The predicted molar refractivity (Wildman–Crippen MR) is 129 cm³/mol. The van der Waals surface area contributed by atoms with Crippen molar-refractivity contribution in [2.45, 2.75) is 26.4 Å². The van der Waals surface area contributed by atoms with Gasteiger partial charge in [0.2, 0.25) is 0 Å². The number of hydrogen-bond donors (Lipinski definition) is 0. The molecule has 0 amide bonds. The monoisotopic (exact) mass is 443 g/mol. The number of rotatable bonds is 5. The van der Waals surface area contributed by atoms with Gasteiger partial charge in [-0.3, -0.25) is 14.5 Å². The Morgan fingerprint density at radius 1 is 1.00 bits per heavy atom. The molecule has 4 aromatic rings. The van der Waals surface area contributed by atoms with Crippen LogP contribution < -0.4 is 5.56 Å². The number of thiophene rings is 1. The van der Waals surface area contributed by atoms with Crippen molar-refractivity contribution in [3.05, 3.63) is 87.5 Å². The van der Waals surface area contributed by atoms with E-state index >= 15 is 0 Å². The highest BCUT2D eigenvalue weighted by atomic mass is 32.1. The zero-order valence-electron chi connectivity index (χ0n) is 18.0. The first-order valence-corrected chi connectivity index (χ1v) is 11.8. The number of likely N-dealkylation sites (tertiary alicyclic amines) is 1. The van der Waals surface area contributed by atoms with E-state index in [-0.39, 0.29) is 17.3 Å². The Morgan fingerprint density at radius 2 is 1.72 bits per heavy atom. The van der Waals surface area contributed by atoms with Crippen LogP contribution >= 0.6 is 11.3 Å². The molecule has 2 aromatic heterocycles. The Bertz CT molecular complexity index is 1300. The van der Waals surface area contributed by atoms with E-state index in [0.29, 0.717) is 12.1 Å². The maximum atomic E-state index is 13.1. The van der Waals surface area contributed by atoms with E-state index in [9.17, 15) is 9.59 Å². The molecule has 6 heteroatoms. The quantitative estimate of drug-likeness (QED) is 0.408. The topological polar surface area (TPSA) is 55.2 Å². The summed E-state index contributed by atoms with van der Waals surface area (Å²) in [5.74, 6) is 0.266. The largest absolute Gasteiger partial charge is 0.294 e. The number of carbonyl (C=O) groups excluding carboxylic acids is 1. The number of carbonyl (C=O) groups is 1. The number of benzene rings is 2. The Labute approximate surface area is 190 Å². The minimum atomic E-state index is -0.0706. The summed E-state index contributed by atoms with van der Waals surface area (Å²) >= 11 is 1.62. The van der Waals surface area contributed by atoms with Crippen molar-refractivity contribution in [1.82, 2.24) is 14.7 Å². The molecule has 0 saturated carbocycles. The smallest absolute Gasteiger partial charge is 0.275 e. The summed E-state index contributed by atoms with van der Waals surface area (Å²) in [7, 11) is 0. The lowest BCUT2D eigenvalue weighted by molar-refractivity contribution is 0.0802. The number of aryl methyl sites for hydroxylation is 1. The van der Waals surface area contributed by atoms with Crippen molar-refractivity contribution in [2.24, 2.45) is 5.92 Å². The summed E-state index contributed by atoms with van der Waals surface area (Å²) in [5, 5.41) is 8.36. The zero-order chi connectivity index (χ0) is 22.1. The van der Waals surface area contributed by atoms with E-state index < -0.39 is 0 Å². The normalized spacial score (nSPS) is 15.3. The van der Waals surface area contributed by atoms with E-state index in [1.807, 2.05) is 73.0 Å². The Balaban J connectivity index is 1.35. The zero-order valence-corrected chi connectivity index (χ0v) is 18.8. The first kappa shape index (κ1) is 20.8. The highest BCUT2D eigenvalue weighted by Crippen LogP contribution is 2.28. The van der Waals surface area contributed by atoms with Crippen LogP contribution in [0.2, 0.25) is 0 Å². The summed E-state index contributed by atoms with van der Waals surface area (Å²) in [6, 6.07) is 19.6. The van der Waals surface area contributed by atoms with E-state index in [1.54, 1.807) is 16.0 Å². The van der Waals surface area contributed by atoms with Crippen LogP contribution in [-0.2, 0) is 6.67 Å². The molecule has 0 unspecified atom stereocenters. The molecule has 162 valence electrons. The molecule has 5 rings (SSSR count). The molecule has 0 bridgehead atoms. The molecule has 0 spiro atoms. The minimum Gasteiger partial charge on any atom is -0.294 e. The van der Waals surface area contributed by atoms with Crippen molar-refractivity contribution < 1.29 is 4.79 Å². The second-order valence-electron chi connectivity index (χ2n) is 8.44. The second-order valence-corrected chi connectivity index (χ2v) is 9.39. The lowest BCUT2D eigenvalue weighted by Crippen LogP contribution is -2.40. The van der Waals surface area contributed by atoms with Crippen LogP contribution in [-0.4, -0.2) is 33.6 Å². The molecule has 2 aromatic carbocycles. The van der Waals surface area contributed by atoms with Gasteiger partial charge >= 0.3 is 0 Å². The van der Waals surface area contributed by atoms with Gasteiger partial charge in [-0.05, 0) is 37.3 Å². The van der Waals surface area contributed by atoms with Gasteiger partial charge in [-0.25, -0.2) is 4.68 Å².